The van der Waals surface area contributed by atoms with Gasteiger partial charge in [-0.15, -0.1) is 12.4 Å². The van der Waals surface area contributed by atoms with Crippen LogP contribution in [0, 0.1) is 0 Å². The summed E-state index contributed by atoms with van der Waals surface area (Å²) in [5, 5.41) is 7.57. The number of rotatable bonds is 8. The standard InChI is InChI=1S/C12H23N3.ClH/c1-3-4-5-6-7-8-13-9-12-10-14-15(2)11-12;/h10-11,13H,3-9H2,1-2H3;1H. The molecule has 0 bridgehead atoms. The Kier molecular flexibility index (Phi) is 9.34. The number of nitrogens with one attached hydrogen (secondary N) is 1. The van der Waals surface area contributed by atoms with E-state index < -0.39 is 0 Å². The van der Waals surface area contributed by atoms with Crippen LogP contribution in [0.5, 0.6) is 0 Å². The second kappa shape index (κ2) is 9.67. The molecule has 0 fully saturated rings. The first-order valence-corrected chi connectivity index (χ1v) is 6.01. The van der Waals surface area contributed by atoms with Crippen molar-refractivity contribution in [3.05, 3.63) is 18.0 Å². The van der Waals surface area contributed by atoms with Crippen molar-refractivity contribution in [2.75, 3.05) is 6.54 Å². The molecule has 0 radical (unpaired) electrons. The normalized spacial score (nSPS) is 10.1. The second-order valence-electron chi connectivity index (χ2n) is 4.11. The lowest BCUT2D eigenvalue weighted by atomic mass is 10.1. The molecule has 3 nitrogen and oxygen atoms in total. The summed E-state index contributed by atoms with van der Waals surface area (Å²) in [6.45, 7) is 4.32. The highest BCUT2D eigenvalue weighted by Crippen LogP contribution is 2.01. The highest BCUT2D eigenvalue weighted by atomic mass is 35.5. The van der Waals surface area contributed by atoms with Crippen LogP contribution in [-0.2, 0) is 13.6 Å². The third-order valence-corrected chi connectivity index (χ3v) is 2.54. The van der Waals surface area contributed by atoms with Crippen LogP contribution in [0.3, 0.4) is 0 Å². The van der Waals surface area contributed by atoms with Crippen LogP contribution in [0.25, 0.3) is 0 Å². The smallest absolute Gasteiger partial charge is 0.0534 e. The van der Waals surface area contributed by atoms with Crippen LogP contribution in [0.1, 0.15) is 44.6 Å². The predicted octanol–water partition coefficient (Wildman–Crippen LogP) is 2.90. The zero-order valence-corrected chi connectivity index (χ0v) is 11.2. The van der Waals surface area contributed by atoms with Gasteiger partial charge in [-0.2, -0.15) is 5.10 Å². The molecule has 94 valence electrons. The minimum Gasteiger partial charge on any atom is -0.313 e. The van der Waals surface area contributed by atoms with E-state index in [1.165, 1.54) is 37.7 Å². The molecule has 0 amide bonds. The van der Waals surface area contributed by atoms with E-state index >= 15 is 0 Å². The Bertz CT molecular complexity index is 261. The average molecular weight is 246 g/mol. The SMILES string of the molecule is CCCCCCCNCc1cnn(C)c1.Cl. The van der Waals surface area contributed by atoms with Gasteiger partial charge in [0.15, 0.2) is 0 Å². The molecule has 0 saturated carbocycles. The minimum atomic E-state index is 0. The maximum atomic E-state index is 4.13. The quantitative estimate of drug-likeness (QED) is 0.714. The van der Waals surface area contributed by atoms with Gasteiger partial charge in [-0.1, -0.05) is 32.6 Å². The Morgan fingerprint density at radius 1 is 1.25 bits per heavy atom. The molecule has 0 unspecified atom stereocenters. The number of hydrogen-bond donors (Lipinski definition) is 1. The second-order valence-corrected chi connectivity index (χ2v) is 4.11. The summed E-state index contributed by atoms with van der Waals surface area (Å²) in [6, 6.07) is 0. The van der Waals surface area contributed by atoms with Gasteiger partial charge in [-0.25, -0.2) is 0 Å². The molecule has 0 aromatic carbocycles. The van der Waals surface area contributed by atoms with E-state index in [2.05, 4.69) is 23.5 Å². The van der Waals surface area contributed by atoms with Crippen LogP contribution in [0.15, 0.2) is 12.4 Å². The lowest BCUT2D eigenvalue weighted by Crippen LogP contribution is -2.14. The van der Waals surface area contributed by atoms with Gasteiger partial charge in [0.25, 0.3) is 0 Å². The Labute approximate surface area is 105 Å². The van der Waals surface area contributed by atoms with Crippen molar-refractivity contribution in [1.82, 2.24) is 15.1 Å². The third kappa shape index (κ3) is 6.85. The fraction of sp³-hybridized carbons (Fsp3) is 0.750. The van der Waals surface area contributed by atoms with Gasteiger partial charge in [0.1, 0.15) is 0 Å². The monoisotopic (exact) mass is 245 g/mol. The lowest BCUT2D eigenvalue weighted by Gasteiger charge is -2.02. The molecular formula is C12H24ClN3. The number of aromatic nitrogens is 2. The molecule has 0 aliphatic rings. The highest BCUT2D eigenvalue weighted by molar-refractivity contribution is 5.85. The van der Waals surface area contributed by atoms with Crippen molar-refractivity contribution in [3.63, 3.8) is 0 Å². The van der Waals surface area contributed by atoms with Crippen molar-refractivity contribution in [3.8, 4) is 0 Å². The molecule has 0 spiro atoms. The lowest BCUT2D eigenvalue weighted by molar-refractivity contribution is 0.583. The van der Waals surface area contributed by atoms with Crippen molar-refractivity contribution in [1.29, 1.82) is 0 Å². The molecule has 1 aromatic rings. The van der Waals surface area contributed by atoms with Gasteiger partial charge in [-0.3, -0.25) is 4.68 Å². The molecule has 1 heterocycles. The topological polar surface area (TPSA) is 29.9 Å². The van der Waals surface area contributed by atoms with Gasteiger partial charge in [0.2, 0.25) is 0 Å². The van der Waals surface area contributed by atoms with Gasteiger partial charge >= 0.3 is 0 Å². The van der Waals surface area contributed by atoms with Gasteiger partial charge in [0.05, 0.1) is 6.20 Å². The number of hydrogen-bond acceptors (Lipinski definition) is 2. The summed E-state index contributed by atoms with van der Waals surface area (Å²) in [6.07, 6.45) is 10.7. The number of aryl methyl sites for hydroxylation is 1. The summed E-state index contributed by atoms with van der Waals surface area (Å²) < 4.78 is 1.85. The zero-order valence-electron chi connectivity index (χ0n) is 10.4. The van der Waals surface area contributed by atoms with Gasteiger partial charge in [-0.05, 0) is 13.0 Å². The van der Waals surface area contributed by atoms with Crippen LogP contribution in [0.4, 0.5) is 0 Å². The summed E-state index contributed by atoms with van der Waals surface area (Å²) in [5.74, 6) is 0. The fourth-order valence-electron chi connectivity index (χ4n) is 1.65. The average Bonchev–Trinajstić information content (AvgIpc) is 2.63. The number of nitrogens with zero attached hydrogens (tertiary/aromatic N) is 2. The first-order chi connectivity index (χ1) is 7.33. The van der Waals surface area contributed by atoms with Gasteiger partial charge in [0, 0.05) is 25.4 Å². The first-order valence-electron chi connectivity index (χ1n) is 6.01. The van der Waals surface area contributed by atoms with Crippen molar-refractivity contribution >= 4 is 12.4 Å². The summed E-state index contributed by atoms with van der Waals surface area (Å²) in [4.78, 5) is 0. The number of halogens is 1. The van der Waals surface area contributed by atoms with Gasteiger partial charge < -0.3 is 5.32 Å². The molecule has 1 N–H and O–H groups in total. The summed E-state index contributed by atoms with van der Waals surface area (Å²) >= 11 is 0. The molecule has 0 saturated heterocycles. The minimum absolute atomic E-state index is 0. The molecule has 0 atom stereocenters. The van der Waals surface area contributed by atoms with E-state index in [9.17, 15) is 0 Å². The Morgan fingerprint density at radius 2 is 2.00 bits per heavy atom. The zero-order chi connectivity index (χ0) is 10.9. The molecular weight excluding hydrogens is 222 g/mol. The number of unbranched alkanes of at least 4 members (excludes halogenated alkanes) is 4. The highest BCUT2D eigenvalue weighted by Gasteiger charge is 1.94. The Hall–Kier alpha value is -0.540. The van der Waals surface area contributed by atoms with E-state index in [1.807, 2.05) is 17.9 Å². The molecule has 1 rings (SSSR count). The maximum absolute atomic E-state index is 4.13. The van der Waals surface area contributed by atoms with E-state index in [0.29, 0.717) is 0 Å². The van der Waals surface area contributed by atoms with Crippen LogP contribution >= 0.6 is 12.4 Å². The van der Waals surface area contributed by atoms with Crippen molar-refractivity contribution < 1.29 is 0 Å². The first kappa shape index (κ1) is 15.5. The van der Waals surface area contributed by atoms with E-state index in [4.69, 9.17) is 0 Å². The third-order valence-electron chi connectivity index (χ3n) is 2.54. The van der Waals surface area contributed by atoms with Crippen molar-refractivity contribution in [2.45, 2.75) is 45.6 Å². The van der Waals surface area contributed by atoms with Crippen molar-refractivity contribution in [2.24, 2.45) is 7.05 Å². The van der Waals surface area contributed by atoms with E-state index in [0.717, 1.165) is 13.1 Å². The van der Waals surface area contributed by atoms with E-state index in [-0.39, 0.29) is 12.4 Å². The molecule has 16 heavy (non-hydrogen) atoms. The molecule has 1 aromatic heterocycles. The van der Waals surface area contributed by atoms with Crippen LogP contribution in [-0.4, -0.2) is 16.3 Å². The largest absolute Gasteiger partial charge is 0.313 e. The Balaban J connectivity index is 0.00000225. The molecule has 0 aliphatic heterocycles. The molecule has 4 heteroatoms. The van der Waals surface area contributed by atoms with E-state index in [1.54, 1.807) is 0 Å². The maximum Gasteiger partial charge on any atom is 0.0534 e. The fourth-order valence-corrected chi connectivity index (χ4v) is 1.65. The Morgan fingerprint density at radius 3 is 2.62 bits per heavy atom. The van der Waals surface area contributed by atoms with Crippen LogP contribution < -0.4 is 5.32 Å². The summed E-state index contributed by atoms with van der Waals surface area (Å²) in [7, 11) is 1.95. The predicted molar refractivity (Wildman–Crippen MR) is 70.9 cm³/mol. The summed E-state index contributed by atoms with van der Waals surface area (Å²) in [5.41, 5.74) is 1.27. The van der Waals surface area contributed by atoms with Crippen LogP contribution in [0.2, 0.25) is 0 Å². The molecule has 0 aliphatic carbocycles.